The van der Waals surface area contributed by atoms with E-state index in [2.05, 4.69) is 20.8 Å². The van der Waals surface area contributed by atoms with Crippen molar-refractivity contribution in [2.24, 2.45) is 5.73 Å². The quantitative estimate of drug-likeness (QED) is 0.901. The first-order valence-corrected chi connectivity index (χ1v) is 7.31. The van der Waals surface area contributed by atoms with Gasteiger partial charge in [-0.15, -0.1) is 0 Å². The first-order valence-electron chi connectivity index (χ1n) is 6.51. The third kappa shape index (κ3) is 3.45. The second-order valence-corrected chi connectivity index (χ2v) is 5.63. The fraction of sp³-hybridized carbons (Fsp3) is 0.250. The van der Waals surface area contributed by atoms with Crippen LogP contribution in [0.4, 0.5) is 4.39 Å². The van der Waals surface area contributed by atoms with E-state index in [1.807, 2.05) is 37.4 Å². The lowest BCUT2D eigenvalue weighted by Crippen LogP contribution is -2.30. The van der Waals surface area contributed by atoms with Crippen LogP contribution < -0.4 is 5.73 Å². The molecule has 106 valence electrons. The number of halogens is 2. The van der Waals surface area contributed by atoms with Gasteiger partial charge in [0.15, 0.2) is 0 Å². The molecule has 0 spiro atoms. The molecule has 2 N–H and O–H groups in total. The maximum Gasteiger partial charge on any atom is 0.127 e. The van der Waals surface area contributed by atoms with Crippen molar-refractivity contribution < 1.29 is 4.39 Å². The Morgan fingerprint density at radius 1 is 1.15 bits per heavy atom. The van der Waals surface area contributed by atoms with Gasteiger partial charge < -0.3 is 5.73 Å². The summed E-state index contributed by atoms with van der Waals surface area (Å²) in [5, 5.41) is 0. The van der Waals surface area contributed by atoms with Crippen molar-refractivity contribution in [2.75, 3.05) is 13.6 Å². The zero-order chi connectivity index (χ0) is 14.5. The first-order chi connectivity index (χ1) is 9.63. The standard InChI is InChI=1S/C16H18BrFN2/c1-20(11-12-6-2-5-9-15(12)18)16(10-19)13-7-3-4-8-14(13)17/h2-9,16H,10-11,19H2,1H3. The minimum atomic E-state index is -0.178. The summed E-state index contributed by atoms with van der Waals surface area (Å²) in [5.41, 5.74) is 7.71. The summed E-state index contributed by atoms with van der Waals surface area (Å²) in [5.74, 6) is -0.178. The zero-order valence-electron chi connectivity index (χ0n) is 11.4. The van der Waals surface area contributed by atoms with Crippen molar-refractivity contribution in [2.45, 2.75) is 12.6 Å². The van der Waals surface area contributed by atoms with Crippen LogP contribution in [0.15, 0.2) is 53.0 Å². The van der Waals surface area contributed by atoms with Gasteiger partial charge in [0.05, 0.1) is 0 Å². The van der Waals surface area contributed by atoms with Gasteiger partial charge in [0.2, 0.25) is 0 Å². The molecule has 20 heavy (non-hydrogen) atoms. The normalized spacial score (nSPS) is 12.7. The molecule has 0 amide bonds. The summed E-state index contributed by atoms with van der Waals surface area (Å²) in [6.07, 6.45) is 0. The fourth-order valence-electron chi connectivity index (χ4n) is 2.30. The average Bonchev–Trinajstić information content (AvgIpc) is 2.44. The highest BCUT2D eigenvalue weighted by Crippen LogP contribution is 2.27. The molecule has 0 aliphatic heterocycles. The van der Waals surface area contributed by atoms with E-state index in [0.29, 0.717) is 18.7 Å². The van der Waals surface area contributed by atoms with Gasteiger partial charge in [0.25, 0.3) is 0 Å². The van der Waals surface area contributed by atoms with Gasteiger partial charge in [-0.25, -0.2) is 4.39 Å². The maximum absolute atomic E-state index is 13.7. The van der Waals surface area contributed by atoms with Crippen molar-refractivity contribution in [3.63, 3.8) is 0 Å². The zero-order valence-corrected chi connectivity index (χ0v) is 13.0. The highest BCUT2D eigenvalue weighted by Gasteiger charge is 2.18. The molecule has 2 aromatic carbocycles. The first kappa shape index (κ1) is 15.2. The van der Waals surface area contributed by atoms with Crippen LogP contribution >= 0.6 is 15.9 Å². The Morgan fingerprint density at radius 3 is 2.45 bits per heavy atom. The Bertz CT molecular complexity index is 574. The number of nitrogens with zero attached hydrogens (tertiary/aromatic N) is 1. The van der Waals surface area contributed by atoms with Gasteiger partial charge in [0.1, 0.15) is 5.82 Å². The minimum absolute atomic E-state index is 0.0465. The topological polar surface area (TPSA) is 29.3 Å². The lowest BCUT2D eigenvalue weighted by molar-refractivity contribution is 0.238. The van der Waals surface area contributed by atoms with E-state index < -0.39 is 0 Å². The van der Waals surface area contributed by atoms with Crippen LogP contribution in [0.25, 0.3) is 0 Å². The number of benzene rings is 2. The number of nitrogens with two attached hydrogens (primary N) is 1. The molecule has 0 saturated carbocycles. The molecule has 0 radical (unpaired) electrons. The molecule has 0 heterocycles. The van der Waals surface area contributed by atoms with Crippen molar-refractivity contribution in [3.05, 3.63) is 69.9 Å². The third-order valence-electron chi connectivity index (χ3n) is 3.40. The van der Waals surface area contributed by atoms with E-state index in [0.717, 1.165) is 10.0 Å². The second-order valence-electron chi connectivity index (χ2n) is 4.78. The molecule has 2 aromatic rings. The Balaban J connectivity index is 2.20. The summed E-state index contributed by atoms with van der Waals surface area (Å²) >= 11 is 3.55. The summed E-state index contributed by atoms with van der Waals surface area (Å²) in [7, 11) is 1.96. The molecule has 0 bridgehead atoms. The molecule has 0 aliphatic carbocycles. The van der Waals surface area contributed by atoms with Crippen LogP contribution in [0.5, 0.6) is 0 Å². The van der Waals surface area contributed by atoms with Gasteiger partial charge in [-0.2, -0.15) is 0 Å². The van der Waals surface area contributed by atoms with E-state index in [4.69, 9.17) is 5.73 Å². The minimum Gasteiger partial charge on any atom is -0.329 e. The van der Waals surface area contributed by atoms with Crippen LogP contribution in [0.1, 0.15) is 17.2 Å². The Labute approximate surface area is 127 Å². The SMILES string of the molecule is CN(Cc1ccccc1F)C(CN)c1ccccc1Br. The largest absolute Gasteiger partial charge is 0.329 e. The van der Waals surface area contributed by atoms with E-state index in [-0.39, 0.29) is 11.9 Å². The Morgan fingerprint density at radius 2 is 1.80 bits per heavy atom. The lowest BCUT2D eigenvalue weighted by Gasteiger charge is -2.28. The molecule has 1 unspecified atom stereocenters. The molecule has 0 saturated heterocycles. The molecule has 2 rings (SSSR count). The van der Waals surface area contributed by atoms with Gasteiger partial charge >= 0.3 is 0 Å². The monoisotopic (exact) mass is 336 g/mol. The second kappa shape index (κ2) is 6.97. The van der Waals surface area contributed by atoms with Crippen molar-refractivity contribution >= 4 is 15.9 Å². The predicted molar refractivity (Wildman–Crippen MR) is 83.8 cm³/mol. The third-order valence-corrected chi connectivity index (χ3v) is 4.12. The summed E-state index contributed by atoms with van der Waals surface area (Å²) in [6, 6.07) is 14.9. The van der Waals surface area contributed by atoms with Crippen LogP contribution in [0, 0.1) is 5.82 Å². The number of likely N-dealkylation sites (N-methyl/N-ethyl adjacent to an activating group) is 1. The Hall–Kier alpha value is -1.23. The van der Waals surface area contributed by atoms with Crippen LogP contribution in [-0.4, -0.2) is 18.5 Å². The van der Waals surface area contributed by atoms with Gasteiger partial charge in [-0.05, 0) is 24.7 Å². The van der Waals surface area contributed by atoms with Crippen molar-refractivity contribution in [1.82, 2.24) is 4.90 Å². The summed E-state index contributed by atoms with van der Waals surface area (Å²) < 4.78 is 14.8. The van der Waals surface area contributed by atoms with Crippen LogP contribution in [-0.2, 0) is 6.54 Å². The molecule has 0 fully saturated rings. The number of hydrogen-bond donors (Lipinski definition) is 1. The number of hydrogen-bond acceptors (Lipinski definition) is 2. The molecule has 2 nitrogen and oxygen atoms in total. The molecule has 1 atom stereocenters. The van der Waals surface area contributed by atoms with E-state index in [9.17, 15) is 4.39 Å². The highest BCUT2D eigenvalue weighted by molar-refractivity contribution is 9.10. The molecular formula is C16H18BrFN2. The summed E-state index contributed by atoms with van der Waals surface area (Å²) in [4.78, 5) is 2.07. The van der Waals surface area contributed by atoms with Gasteiger partial charge in [-0.3, -0.25) is 4.90 Å². The van der Waals surface area contributed by atoms with Gasteiger partial charge in [-0.1, -0.05) is 52.3 Å². The van der Waals surface area contributed by atoms with Crippen LogP contribution in [0.2, 0.25) is 0 Å². The van der Waals surface area contributed by atoms with E-state index >= 15 is 0 Å². The van der Waals surface area contributed by atoms with E-state index in [1.54, 1.807) is 12.1 Å². The van der Waals surface area contributed by atoms with Crippen LogP contribution in [0.3, 0.4) is 0 Å². The molecule has 0 aliphatic rings. The number of rotatable bonds is 5. The lowest BCUT2D eigenvalue weighted by atomic mass is 10.0. The van der Waals surface area contributed by atoms with Crippen molar-refractivity contribution in [3.8, 4) is 0 Å². The van der Waals surface area contributed by atoms with Gasteiger partial charge in [0, 0.05) is 29.2 Å². The fourth-order valence-corrected chi connectivity index (χ4v) is 2.84. The molecule has 4 heteroatoms. The highest BCUT2D eigenvalue weighted by atomic mass is 79.9. The molecule has 0 aromatic heterocycles. The summed E-state index contributed by atoms with van der Waals surface area (Å²) in [6.45, 7) is 1.00. The average molecular weight is 337 g/mol. The van der Waals surface area contributed by atoms with Crippen molar-refractivity contribution in [1.29, 1.82) is 0 Å². The molecular weight excluding hydrogens is 319 g/mol. The maximum atomic E-state index is 13.7. The Kier molecular flexibility index (Phi) is 5.29. The smallest absolute Gasteiger partial charge is 0.127 e. The predicted octanol–water partition coefficient (Wildman–Crippen LogP) is 3.72. The van der Waals surface area contributed by atoms with E-state index in [1.165, 1.54) is 6.07 Å².